The fourth-order valence-corrected chi connectivity index (χ4v) is 2.86. The summed E-state index contributed by atoms with van der Waals surface area (Å²) in [5.41, 5.74) is 0.866. The standard InChI is InChI=1S/C15H20Cl2N2O3/c1-10-15(22)18(5-4-12(21)9-20)6-7-19(10)11-2-3-13(16)14(17)8-11/h2-3,8,10,12,20-21H,4-7,9H2,1H3. The number of benzene rings is 1. The van der Waals surface area contributed by atoms with E-state index in [-0.39, 0.29) is 18.6 Å². The first-order valence-corrected chi connectivity index (χ1v) is 7.99. The van der Waals surface area contributed by atoms with Crippen molar-refractivity contribution in [1.82, 2.24) is 4.90 Å². The molecule has 0 radical (unpaired) electrons. The maximum Gasteiger partial charge on any atom is 0.245 e. The lowest BCUT2D eigenvalue weighted by molar-refractivity contribution is -0.134. The highest BCUT2D eigenvalue weighted by Gasteiger charge is 2.31. The Kier molecular flexibility index (Phi) is 5.92. The van der Waals surface area contributed by atoms with Crippen molar-refractivity contribution in [1.29, 1.82) is 0 Å². The van der Waals surface area contributed by atoms with Gasteiger partial charge in [0.2, 0.25) is 5.91 Å². The topological polar surface area (TPSA) is 64.0 Å². The first kappa shape index (κ1) is 17.3. The number of halogens is 2. The van der Waals surface area contributed by atoms with Gasteiger partial charge in [0, 0.05) is 25.3 Å². The number of carbonyl (C=O) groups excluding carboxylic acids is 1. The Morgan fingerprint density at radius 2 is 2.05 bits per heavy atom. The van der Waals surface area contributed by atoms with Crippen molar-refractivity contribution in [3.8, 4) is 0 Å². The van der Waals surface area contributed by atoms with Crippen LogP contribution in [0.5, 0.6) is 0 Å². The zero-order chi connectivity index (χ0) is 16.3. The molecule has 0 bridgehead atoms. The molecule has 2 atom stereocenters. The Morgan fingerprint density at radius 1 is 1.32 bits per heavy atom. The number of rotatable bonds is 5. The van der Waals surface area contributed by atoms with Gasteiger partial charge < -0.3 is 20.0 Å². The van der Waals surface area contributed by atoms with Crippen LogP contribution in [-0.4, -0.2) is 59.4 Å². The number of aliphatic hydroxyl groups excluding tert-OH is 2. The van der Waals surface area contributed by atoms with E-state index < -0.39 is 6.10 Å². The highest BCUT2D eigenvalue weighted by molar-refractivity contribution is 6.42. The number of carbonyl (C=O) groups is 1. The summed E-state index contributed by atoms with van der Waals surface area (Å²) >= 11 is 12.0. The zero-order valence-corrected chi connectivity index (χ0v) is 13.9. The summed E-state index contributed by atoms with van der Waals surface area (Å²) in [5.74, 6) is 0.00228. The number of hydrogen-bond donors (Lipinski definition) is 2. The van der Waals surface area contributed by atoms with Crippen molar-refractivity contribution in [2.75, 3.05) is 31.1 Å². The highest BCUT2D eigenvalue weighted by atomic mass is 35.5. The minimum atomic E-state index is -0.781. The largest absolute Gasteiger partial charge is 0.394 e. The maximum absolute atomic E-state index is 12.4. The van der Waals surface area contributed by atoms with Gasteiger partial charge in [-0.15, -0.1) is 0 Å². The van der Waals surface area contributed by atoms with Crippen LogP contribution in [0.1, 0.15) is 13.3 Å². The summed E-state index contributed by atoms with van der Waals surface area (Å²) in [6.07, 6.45) is -0.405. The molecule has 0 aliphatic carbocycles. The van der Waals surface area contributed by atoms with Gasteiger partial charge in [0.25, 0.3) is 0 Å². The van der Waals surface area contributed by atoms with E-state index in [1.807, 2.05) is 17.9 Å². The van der Waals surface area contributed by atoms with Crippen LogP contribution < -0.4 is 4.90 Å². The van der Waals surface area contributed by atoms with E-state index in [0.717, 1.165) is 5.69 Å². The van der Waals surface area contributed by atoms with Gasteiger partial charge in [-0.3, -0.25) is 4.79 Å². The molecule has 1 amide bonds. The van der Waals surface area contributed by atoms with E-state index >= 15 is 0 Å². The molecule has 1 aromatic carbocycles. The van der Waals surface area contributed by atoms with Crippen LogP contribution in [0.4, 0.5) is 5.69 Å². The summed E-state index contributed by atoms with van der Waals surface area (Å²) < 4.78 is 0. The van der Waals surface area contributed by atoms with Gasteiger partial charge in [0.15, 0.2) is 0 Å². The third kappa shape index (κ3) is 3.84. The number of nitrogens with zero attached hydrogens (tertiary/aromatic N) is 2. The summed E-state index contributed by atoms with van der Waals surface area (Å²) in [6.45, 7) is 3.26. The minimum absolute atomic E-state index is 0.00228. The monoisotopic (exact) mass is 346 g/mol. The lowest BCUT2D eigenvalue weighted by Crippen LogP contribution is -2.56. The normalized spacial score (nSPS) is 20.4. The quantitative estimate of drug-likeness (QED) is 0.852. The molecule has 0 saturated carbocycles. The summed E-state index contributed by atoms with van der Waals surface area (Å²) in [6, 6.07) is 5.03. The number of amides is 1. The van der Waals surface area contributed by atoms with Crippen LogP contribution in [0.3, 0.4) is 0 Å². The smallest absolute Gasteiger partial charge is 0.245 e. The molecule has 2 unspecified atom stereocenters. The molecule has 5 nitrogen and oxygen atoms in total. The number of aliphatic hydroxyl groups is 2. The molecule has 1 aliphatic rings. The van der Waals surface area contributed by atoms with E-state index in [4.69, 9.17) is 28.3 Å². The number of piperazine rings is 1. The van der Waals surface area contributed by atoms with Gasteiger partial charge in [-0.1, -0.05) is 23.2 Å². The SMILES string of the molecule is CC1C(=O)N(CCC(O)CO)CCN1c1ccc(Cl)c(Cl)c1. The molecule has 2 rings (SSSR count). The van der Waals surface area contributed by atoms with E-state index in [0.29, 0.717) is 36.1 Å². The van der Waals surface area contributed by atoms with Crippen molar-refractivity contribution >= 4 is 34.8 Å². The predicted molar refractivity (Wildman–Crippen MR) is 87.6 cm³/mol. The van der Waals surface area contributed by atoms with Crippen LogP contribution in [0.2, 0.25) is 10.0 Å². The molecule has 1 fully saturated rings. The molecule has 2 N–H and O–H groups in total. The van der Waals surface area contributed by atoms with E-state index in [1.165, 1.54) is 0 Å². The molecular weight excluding hydrogens is 327 g/mol. The molecule has 1 aliphatic heterocycles. The van der Waals surface area contributed by atoms with Crippen LogP contribution >= 0.6 is 23.2 Å². The Morgan fingerprint density at radius 3 is 2.68 bits per heavy atom. The van der Waals surface area contributed by atoms with Crippen LogP contribution in [0, 0.1) is 0 Å². The highest BCUT2D eigenvalue weighted by Crippen LogP contribution is 2.29. The average Bonchev–Trinajstić information content (AvgIpc) is 2.51. The zero-order valence-electron chi connectivity index (χ0n) is 12.4. The van der Waals surface area contributed by atoms with E-state index in [1.54, 1.807) is 17.0 Å². The van der Waals surface area contributed by atoms with Crippen LogP contribution in [0.25, 0.3) is 0 Å². The minimum Gasteiger partial charge on any atom is -0.394 e. The lowest BCUT2D eigenvalue weighted by Gasteiger charge is -2.40. The van der Waals surface area contributed by atoms with Crippen molar-refractivity contribution in [3.63, 3.8) is 0 Å². The van der Waals surface area contributed by atoms with E-state index in [2.05, 4.69) is 0 Å². The molecule has 1 saturated heterocycles. The molecule has 7 heteroatoms. The summed E-state index contributed by atoms with van der Waals surface area (Å²) in [7, 11) is 0. The third-order valence-electron chi connectivity index (χ3n) is 3.93. The van der Waals surface area contributed by atoms with Crippen molar-refractivity contribution < 1.29 is 15.0 Å². The molecule has 122 valence electrons. The van der Waals surface area contributed by atoms with E-state index in [9.17, 15) is 9.90 Å². The average molecular weight is 347 g/mol. The second kappa shape index (κ2) is 7.51. The first-order valence-electron chi connectivity index (χ1n) is 7.23. The van der Waals surface area contributed by atoms with Gasteiger partial charge in [-0.2, -0.15) is 0 Å². The Bertz CT molecular complexity index is 542. The fourth-order valence-electron chi connectivity index (χ4n) is 2.56. The van der Waals surface area contributed by atoms with Gasteiger partial charge >= 0.3 is 0 Å². The number of hydrogen-bond acceptors (Lipinski definition) is 4. The Labute approximate surface area is 140 Å². The number of anilines is 1. The van der Waals surface area contributed by atoms with Crippen molar-refractivity contribution in [2.24, 2.45) is 0 Å². The fraction of sp³-hybridized carbons (Fsp3) is 0.533. The maximum atomic E-state index is 12.4. The van der Waals surface area contributed by atoms with Gasteiger partial charge in [-0.05, 0) is 31.5 Å². The molecule has 0 spiro atoms. The summed E-state index contributed by atoms with van der Waals surface area (Å²) in [5, 5.41) is 19.2. The molecule has 0 aromatic heterocycles. The second-order valence-electron chi connectivity index (χ2n) is 5.42. The first-order chi connectivity index (χ1) is 10.4. The molecule has 1 aromatic rings. The van der Waals surface area contributed by atoms with Gasteiger partial charge in [-0.25, -0.2) is 0 Å². The lowest BCUT2D eigenvalue weighted by atomic mass is 10.1. The van der Waals surface area contributed by atoms with Gasteiger partial charge in [0.1, 0.15) is 6.04 Å². The Balaban J connectivity index is 2.04. The Hall–Kier alpha value is -1.01. The molecule has 1 heterocycles. The third-order valence-corrected chi connectivity index (χ3v) is 4.66. The summed E-state index contributed by atoms with van der Waals surface area (Å²) in [4.78, 5) is 16.2. The van der Waals surface area contributed by atoms with Crippen molar-refractivity contribution in [2.45, 2.75) is 25.5 Å². The second-order valence-corrected chi connectivity index (χ2v) is 6.23. The molecular formula is C15H20Cl2N2O3. The van der Waals surface area contributed by atoms with Crippen LogP contribution in [-0.2, 0) is 4.79 Å². The van der Waals surface area contributed by atoms with Crippen molar-refractivity contribution in [3.05, 3.63) is 28.2 Å². The molecule has 22 heavy (non-hydrogen) atoms. The van der Waals surface area contributed by atoms with Gasteiger partial charge in [0.05, 0.1) is 22.8 Å². The van der Waals surface area contributed by atoms with Crippen LogP contribution in [0.15, 0.2) is 18.2 Å². The predicted octanol–water partition coefficient (Wildman–Crippen LogP) is 1.77.